The fraction of sp³-hybridized carbons (Fsp3) is 0.308. The van der Waals surface area contributed by atoms with Gasteiger partial charge >= 0.3 is 0 Å². The van der Waals surface area contributed by atoms with Crippen LogP contribution >= 0.6 is 0 Å². The minimum Gasteiger partial charge on any atom is -0.496 e. The summed E-state index contributed by atoms with van der Waals surface area (Å²) in [6.07, 6.45) is 5.20. The van der Waals surface area contributed by atoms with Crippen LogP contribution in [0.5, 0.6) is 5.75 Å². The van der Waals surface area contributed by atoms with Crippen molar-refractivity contribution in [2.45, 2.75) is 19.9 Å². The fourth-order valence-corrected chi connectivity index (χ4v) is 1.32. The van der Waals surface area contributed by atoms with E-state index in [0.29, 0.717) is 11.3 Å². The van der Waals surface area contributed by atoms with Gasteiger partial charge in [-0.1, -0.05) is 17.6 Å². The van der Waals surface area contributed by atoms with E-state index in [1.165, 1.54) is 7.11 Å². The van der Waals surface area contributed by atoms with E-state index in [1.54, 1.807) is 19.1 Å². The Morgan fingerprint density at radius 1 is 1.56 bits per heavy atom. The zero-order valence-corrected chi connectivity index (χ0v) is 9.70. The van der Waals surface area contributed by atoms with Crippen molar-refractivity contribution < 1.29 is 9.53 Å². The van der Waals surface area contributed by atoms with Gasteiger partial charge < -0.3 is 10.1 Å². The van der Waals surface area contributed by atoms with Gasteiger partial charge in [-0.05, 0) is 26.0 Å². The van der Waals surface area contributed by atoms with E-state index in [0.717, 1.165) is 5.56 Å². The molecule has 0 spiro atoms. The summed E-state index contributed by atoms with van der Waals surface area (Å²) in [6.45, 7) is 3.67. The number of nitrogens with one attached hydrogen (secondary N) is 1. The number of carbonyl (C=O) groups excluding carboxylic acids is 1. The number of ether oxygens (including phenoxy) is 1. The van der Waals surface area contributed by atoms with E-state index in [1.807, 2.05) is 13.0 Å². The van der Waals surface area contributed by atoms with Crippen LogP contribution in [0, 0.1) is 19.3 Å². The zero-order chi connectivity index (χ0) is 12.1. The van der Waals surface area contributed by atoms with Crippen LogP contribution < -0.4 is 10.1 Å². The average molecular weight is 217 g/mol. The molecule has 0 aromatic heterocycles. The maximum Gasteiger partial charge on any atom is 0.256 e. The van der Waals surface area contributed by atoms with Gasteiger partial charge in [0, 0.05) is 0 Å². The topological polar surface area (TPSA) is 38.3 Å². The second-order valence-corrected chi connectivity index (χ2v) is 3.57. The lowest BCUT2D eigenvalue weighted by Crippen LogP contribution is -2.31. The van der Waals surface area contributed by atoms with Crippen molar-refractivity contribution in [3.63, 3.8) is 0 Å². The predicted octanol–water partition coefficient (Wildman–Crippen LogP) is 1.76. The molecule has 0 aliphatic heterocycles. The van der Waals surface area contributed by atoms with Crippen molar-refractivity contribution in [1.29, 1.82) is 0 Å². The summed E-state index contributed by atoms with van der Waals surface area (Å²) in [5.41, 5.74) is 1.50. The van der Waals surface area contributed by atoms with E-state index in [9.17, 15) is 4.79 Å². The Morgan fingerprint density at radius 3 is 2.81 bits per heavy atom. The average Bonchev–Trinajstić information content (AvgIpc) is 2.28. The summed E-state index contributed by atoms with van der Waals surface area (Å²) >= 11 is 0. The highest BCUT2D eigenvalue weighted by atomic mass is 16.5. The van der Waals surface area contributed by atoms with Gasteiger partial charge in [0.2, 0.25) is 0 Å². The number of terminal acetylenes is 1. The molecule has 0 saturated carbocycles. The number of carbonyl (C=O) groups is 1. The Bertz CT molecular complexity index is 432. The molecule has 1 atom stereocenters. The molecule has 0 heterocycles. The Balaban J connectivity index is 2.98. The van der Waals surface area contributed by atoms with E-state index in [4.69, 9.17) is 11.2 Å². The van der Waals surface area contributed by atoms with Crippen LogP contribution in [0.15, 0.2) is 18.2 Å². The molecule has 3 nitrogen and oxygen atoms in total. The normalized spacial score (nSPS) is 11.4. The van der Waals surface area contributed by atoms with Crippen molar-refractivity contribution in [2.24, 2.45) is 0 Å². The molecule has 0 bridgehead atoms. The lowest BCUT2D eigenvalue weighted by Gasteiger charge is -2.11. The molecule has 0 aliphatic rings. The summed E-state index contributed by atoms with van der Waals surface area (Å²) in [5.74, 6) is 2.78. The van der Waals surface area contributed by atoms with Gasteiger partial charge in [-0.2, -0.15) is 0 Å². The fourth-order valence-electron chi connectivity index (χ4n) is 1.32. The van der Waals surface area contributed by atoms with Crippen LogP contribution in [0.25, 0.3) is 0 Å². The third kappa shape index (κ3) is 2.77. The van der Waals surface area contributed by atoms with Crippen LogP contribution in [0.1, 0.15) is 22.8 Å². The quantitative estimate of drug-likeness (QED) is 0.783. The number of amides is 1. The Labute approximate surface area is 95.8 Å². The molecule has 1 rings (SSSR count). The minimum atomic E-state index is -0.294. The SMILES string of the molecule is C#CC(C)NC(=O)c1cc(C)ccc1OC. The number of aryl methyl sites for hydroxylation is 1. The lowest BCUT2D eigenvalue weighted by molar-refractivity contribution is 0.0945. The second-order valence-electron chi connectivity index (χ2n) is 3.57. The van der Waals surface area contributed by atoms with Crippen molar-refractivity contribution in [3.05, 3.63) is 29.3 Å². The van der Waals surface area contributed by atoms with E-state index in [2.05, 4.69) is 11.2 Å². The minimum absolute atomic E-state index is 0.217. The van der Waals surface area contributed by atoms with Crippen LogP contribution in [0.3, 0.4) is 0 Å². The third-order valence-corrected chi connectivity index (χ3v) is 2.20. The molecule has 16 heavy (non-hydrogen) atoms. The Hall–Kier alpha value is -1.95. The first-order chi connectivity index (χ1) is 7.58. The van der Waals surface area contributed by atoms with Crippen LogP contribution in [0.2, 0.25) is 0 Å². The molecule has 1 amide bonds. The lowest BCUT2D eigenvalue weighted by atomic mass is 10.1. The molecule has 84 valence electrons. The number of methoxy groups -OCH3 is 1. The van der Waals surface area contributed by atoms with E-state index >= 15 is 0 Å². The summed E-state index contributed by atoms with van der Waals surface area (Å²) in [7, 11) is 1.53. The zero-order valence-electron chi connectivity index (χ0n) is 9.70. The highest BCUT2D eigenvalue weighted by molar-refractivity contribution is 5.97. The Kier molecular flexibility index (Phi) is 3.96. The van der Waals surface area contributed by atoms with Gasteiger partial charge in [0.15, 0.2) is 0 Å². The van der Waals surface area contributed by atoms with Gasteiger partial charge in [0.25, 0.3) is 5.91 Å². The molecule has 1 aromatic rings. The number of rotatable bonds is 3. The highest BCUT2D eigenvalue weighted by Gasteiger charge is 2.13. The largest absolute Gasteiger partial charge is 0.496 e. The molecule has 0 fully saturated rings. The van der Waals surface area contributed by atoms with Gasteiger partial charge in [-0.15, -0.1) is 6.42 Å². The maximum absolute atomic E-state index is 11.9. The number of hydrogen-bond acceptors (Lipinski definition) is 2. The molecule has 0 aliphatic carbocycles. The third-order valence-electron chi connectivity index (χ3n) is 2.20. The van der Waals surface area contributed by atoms with Crippen molar-refractivity contribution in [3.8, 4) is 18.1 Å². The molecule has 0 radical (unpaired) electrons. The van der Waals surface area contributed by atoms with Gasteiger partial charge in [0.05, 0.1) is 18.7 Å². The monoisotopic (exact) mass is 217 g/mol. The van der Waals surface area contributed by atoms with Crippen molar-refractivity contribution in [2.75, 3.05) is 7.11 Å². The smallest absolute Gasteiger partial charge is 0.256 e. The first-order valence-corrected chi connectivity index (χ1v) is 5.00. The molecule has 0 saturated heterocycles. The van der Waals surface area contributed by atoms with Crippen LogP contribution in [0.4, 0.5) is 0 Å². The predicted molar refractivity (Wildman–Crippen MR) is 63.5 cm³/mol. The van der Waals surface area contributed by atoms with Gasteiger partial charge in [-0.3, -0.25) is 4.79 Å². The summed E-state index contributed by atoms with van der Waals surface area (Å²) < 4.78 is 5.12. The first-order valence-electron chi connectivity index (χ1n) is 5.00. The first kappa shape index (κ1) is 12.1. The number of benzene rings is 1. The number of hydrogen-bond donors (Lipinski definition) is 1. The summed E-state index contributed by atoms with van der Waals surface area (Å²) in [6, 6.07) is 5.14. The molecule has 1 N–H and O–H groups in total. The molecule has 1 aromatic carbocycles. The molecular formula is C13H15NO2. The van der Waals surface area contributed by atoms with Crippen molar-refractivity contribution in [1.82, 2.24) is 5.32 Å². The van der Waals surface area contributed by atoms with Crippen LogP contribution in [-0.4, -0.2) is 19.1 Å². The van der Waals surface area contributed by atoms with E-state index < -0.39 is 0 Å². The Morgan fingerprint density at radius 2 is 2.25 bits per heavy atom. The summed E-state index contributed by atoms with van der Waals surface area (Å²) in [5, 5.41) is 2.69. The molecule has 3 heteroatoms. The van der Waals surface area contributed by atoms with Gasteiger partial charge in [0.1, 0.15) is 5.75 Å². The highest BCUT2D eigenvalue weighted by Crippen LogP contribution is 2.19. The van der Waals surface area contributed by atoms with E-state index in [-0.39, 0.29) is 11.9 Å². The summed E-state index contributed by atoms with van der Waals surface area (Å²) in [4.78, 5) is 11.9. The van der Waals surface area contributed by atoms with Crippen LogP contribution in [-0.2, 0) is 0 Å². The maximum atomic E-state index is 11.9. The standard InChI is InChI=1S/C13H15NO2/c1-5-10(3)14-13(15)11-8-9(2)6-7-12(11)16-4/h1,6-8,10H,2-4H3,(H,14,15). The molecule has 1 unspecified atom stereocenters. The second kappa shape index (κ2) is 5.22. The van der Waals surface area contributed by atoms with Gasteiger partial charge in [-0.25, -0.2) is 0 Å². The van der Waals surface area contributed by atoms with Crippen molar-refractivity contribution >= 4 is 5.91 Å². The molecular weight excluding hydrogens is 202 g/mol.